The topological polar surface area (TPSA) is 72.9 Å². The lowest BCUT2D eigenvalue weighted by atomic mass is 10.1. The first-order valence-electron chi connectivity index (χ1n) is 7.14. The Morgan fingerprint density at radius 2 is 2.32 bits per heavy atom. The van der Waals surface area contributed by atoms with Crippen LogP contribution in [0.1, 0.15) is 43.9 Å². The molecule has 0 saturated carbocycles. The van der Waals surface area contributed by atoms with Crippen molar-refractivity contribution in [1.29, 1.82) is 0 Å². The Kier molecular flexibility index (Phi) is 4.58. The number of amides is 1. The third-order valence-corrected chi connectivity index (χ3v) is 3.46. The second-order valence-corrected chi connectivity index (χ2v) is 5.67. The summed E-state index contributed by atoms with van der Waals surface area (Å²) in [5, 5.41) is 3.36. The van der Waals surface area contributed by atoms with Crippen molar-refractivity contribution in [3.8, 4) is 0 Å². The lowest BCUT2D eigenvalue weighted by molar-refractivity contribution is -0.118. The second kappa shape index (κ2) is 6.19. The number of hydrogen-bond acceptors (Lipinski definition) is 3. The van der Waals surface area contributed by atoms with Gasteiger partial charge in [-0.1, -0.05) is 13.8 Å². The zero-order valence-electron chi connectivity index (χ0n) is 11.9. The number of fused-ring (bicyclic) bond motifs is 1. The minimum atomic E-state index is -0.221. The van der Waals surface area contributed by atoms with Crippen molar-refractivity contribution in [1.82, 2.24) is 14.9 Å². The summed E-state index contributed by atoms with van der Waals surface area (Å²) in [5.74, 6) is 1.53. The smallest absolute Gasteiger partial charge is 0.217 e. The van der Waals surface area contributed by atoms with E-state index < -0.39 is 0 Å². The number of primary amides is 1. The van der Waals surface area contributed by atoms with Gasteiger partial charge in [-0.3, -0.25) is 4.79 Å². The Labute approximate surface area is 114 Å². The number of carbonyl (C=O) groups excluding carboxylic acids is 1. The van der Waals surface area contributed by atoms with E-state index in [1.54, 1.807) is 0 Å². The van der Waals surface area contributed by atoms with Crippen LogP contribution >= 0.6 is 0 Å². The molecule has 0 atom stereocenters. The van der Waals surface area contributed by atoms with Crippen molar-refractivity contribution in [2.24, 2.45) is 11.7 Å². The van der Waals surface area contributed by atoms with Gasteiger partial charge in [0.2, 0.25) is 5.91 Å². The van der Waals surface area contributed by atoms with Crippen LogP contribution in [0.5, 0.6) is 0 Å². The fourth-order valence-electron chi connectivity index (χ4n) is 2.62. The van der Waals surface area contributed by atoms with Gasteiger partial charge in [-0.2, -0.15) is 0 Å². The molecule has 0 aliphatic carbocycles. The van der Waals surface area contributed by atoms with Crippen LogP contribution in [0.4, 0.5) is 0 Å². The molecule has 0 unspecified atom stereocenters. The van der Waals surface area contributed by atoms with Crippen molar-refractivity contribution in [3.63, 3.8) is 0 Å². The van der Waals surface area contributed by atoms with Crippen molar-refractivity contribution in [3.05, 3.63) is 17.2 Å². The van der Waals surface area contributed by atoms with E-state index in [4.69, 9.17) is 10.7 Å². The van der Waals surface area contributed by atoms with Crippen molar-refractivity contribution in [2.45, 2.75) is 52.6 Å². The molecule has 106 valence electrons. The maximum absolute atomic E-state index is 10.9. The van der Waals surface area contributed by atoms with E-state index in [0.29, 0.717) is 12.3 Å². The molecular weight excluding hydrogens is 240 g/mol. The Bertz CT molecular complexity index is 451. The number of nitrogens with one attached hydrogen (secondary N) is 1. The highest BCUT2D eigenvalue weighted by atomic mass is 16.1. The van der Waals surface area contributed by atoms with E-state index in [0.717, 1.165) is 44.7 Å². The van der Waals surface area contributed by atoms with E-state index in [1.807, 2.05) is 0 Å². The van der Waals surface area contributed by atoms with Gasteiger partial charge in [0.05, 0.1) is 5.69 Å². The fourth-order valence-corrected chi connectivity index (χ4v) is 2.62. The SMILES string of the molecule is CC(C)Cc1nc2c(n1CCCC(N)=O)CCNC2. The summed E-state index contributed by atoms with van der Waals surface area (Å²) in [6.45, 7) is 7.14. The Hall–Kier alpha value is -1.36. The van der Waals surface area contributed by atoms with E-state index in [1.165, 1.54) is 11.4 Å². The summed E-state index contributed by atoms with van der Waals surface area (Å²) in [6, 6.07) is 0. The predicted molar refractivity (Wildman–Crippen MR) is 74.6 cm³/mol. The lowest BCUT2D eigenvalue weighted by Gasteiger charge is -2.16. The predicted octanol–water partition coefficient (Wildman–Crippen LogP) is 0.993. The summed E-state index contributed by atoms with van der Waals surface area (Å²) < 4.78 is 2.32. The van der Waals surface area contributed by atoms with Crippen LogP contribution in [-0.4, -0.2) is 22.0 Å². The molecule has 5 nitrogen and oxygen atoms in total. The summed E-state index contributed by atoms with van der Waals surface area (Å²) in [6.07, 6.45) is 3.27. The largest absolute Gasteiger partial charge is 0.370 e. The van der Waals surface area contributed by atoms with Crippen molar-refractivity contribution >= 4 is 5.91 Å². The molecule has 0 saturated heterocycles. The molecule has 2 rings (SSSR count). The summed E-state index contributed by atoms with van der Waals surface area (Å²) >= 11 is 0. The van der Waals surface area contributed by atoms with Crippen LogP contribution in [0, 0.1) is 5.92 Å². The molecular formula is C14H24N4O. The zero-order valence-corrected chi connectivity index (χ0v) is 11.9. The van der Waals surface area contributed by atoms with Gasteiger partial charge in [-0.25, -0.2) is 4.98 Å². The number of imidazole rings is 1. The van der Waals surface area contributed by atoms with E-state index in [2.05, 4.69) is 23.7 Å². The first-order valence-corrected chi connectivity index (χ1v) is 7.14. The Balaban J connectivity index is 2.16. The van der Waals surface area contributed by atoms with Gasteiger partial charge in [0, 0.05) is 44.6 Å². The van der Waals surface area contributed by atoms with Crippen LogP contribution in [0.3, 0.4) is 0 Å². The van der Waals surface area contributed by atoms with Crippen LogP contribution in [0.15, 0.2) is 0 Å². The standard InChI is InChI=1S/C14H24N4O/c1-10(2)8-14-17-11-9-16-6-5-12(11)18(14)7-3-4-13(15)19/h10,16H,3-9H2,1-2H3,(H2,15,19). The number of aromatic nitrogens is 2. The summed E-state index contributed by atoms with van der Waals surface area (Å²) in [5.41, 5.74) is 7.74. The molecule has 1 aliphatic rings. The minimum absolute atomic E-state index is 0.221. The number of rotatable bonds is 6. The maximum Gasteiger partial charge on any atom is 0.217 e. The van der Waals surface area contributed by atoms with Gasteiger partial charge in [-0.15, -0.1) is 0 Å². The van der Waals surface area contributed by atoms with Crippen LogP contribution in [-0.2, 0) is 30.7 Å². The molecule has 0 radical (unpaired) electrons. The summed E-state index contributed by atoms with van der Waals surface area (Å²) in [7, 11) is 0. The average molecular weight is 264 g/mol. The van der Waals surface area contributed by atoms with Gasteiger partial charge >= 0.3 is 0 Å². The molecule has 0 aromatic carbocycles. The maximum atomic E-state index is 10.9. The van der Waals surface area contributed by atoms with Gasteiger partial charge in [-0.05, 0) is 12.3 Å². The third-order valence-electron chi connectivity index (χ3n) is 3.46. The van der Waals surface area contributed by atoms with Gasteiger partial charge in [0.1, 0.15) is 5.82 Å². The number of carbonyl (C=O) groups is 1. The molecule has 5 heteroatoms. The van der Waals surface area contributed by atoms with Gasteiger partial charge in [0.25, 0.3) is 0 Å². The van der Waals surface area contributed by atoms with Crippen LogP contribution in [0.2, 0.25) is 0 Å². The van der Waals surface area contributed by atoms with Gasteiger partial charge in [0.15, 0.2) is 0 Å². The first-order chi connectivity index (χ1) is 9.08. The molecule has 2 heterocycles. The first kappa shape index (κ1) is 14.1. The van der Waals surface area contributed by atoms with E-state index in [9.17, 15) is 4.79 Å². The number of nitrogens with zero attached hydrogens (tertiary/aromatic N) is 2. The van der Waals surface area contributed by atoms with E-state index in [-0.39, 0.29) is 5.91 Å². The molecule has 19 heavy (non-hydrogen) atoms. The molecule has 3 N–H and O–H groups in total. The van der Waals surface area contributed by atoms with Crippen LogP contribution < -0.4 is 11.1 Å². The lowest BCUT2D eigenvalue weighted by Crippen LogP contribution is -2.25. The third kappa shape index (κ3) is 3.56. The van der Waals surface area contributed by atoms with Gasteiger partial charge < -0.3 is 15.6 Å². The van der Waals surface area contributed by atoms with E-state index >= 15 is 0 Å². The molecule has 0 fully saturated rings. The Morgan fingerprint density at radius 1 is 1.53 bits per heavy atom. The minimum Gasteiger partial charge on any atom is -0.370 e. The monoisotopic (exact) mass is 264 g/mol. The van der Waals surface area contributed by atoms with Crippen molar-refractivity contribution in [2.75, 3.05) is 6.54 Å². The molecule has 1 aromatic heterocycles. The van der Waals surface area contributed by atoms with Crippen LogP contribution in [0.25, 0.3) is 0 Å². The molecule has 1 amide bonds. The second-order valence-electron chi connectivity index (χ2n) is 5.67. The molecule has 1 aliphatic heterocycles. The van der Waals surface area contributed by atoms with Crippen molar-refractivity contribution < 1.29 is 4.79 Å². The highest BCUT2D eigenvalue weighted by Crippen LogP contribution is 2.19. The fraction of sp³-hybridized carbons (Fsp3) is 0.714. The average Bonchev–Trinajstić information content (AvgIpc) is 2.66. The summed E-state index contributed by atoms with van der Waals surface area (Å²) in [4.78, 5) is 15.6. The highest BCUT2D eigenvalue weighted by molar-refractivity contribution is 5.73. The highest BCUT2D eigenvalue weighted by Gasteiger charge is 2.19. The molecule has 0 spiro atoms. The quantitative estimate of drug-likeness (QED) is 0.805. The molecule has 1 aromatic rings. The number of nitrogens with two attached hydrogens (primary N) is 1. The number of hydrogen-bond donors (Lipinski definition) is 2. The zero-order chi connectivity index (χ0) is 13.8. The molecule has 0 bridgehead atoms. The Morgan fingerprint density at radius 3 is 3.00 bits per heavy atom. The normalized spacial score (nSPS) is 14.7.